The number of rotatable bonds is 6. The Labute approximate surface area is 84.5 Å². The van der Waals surface area contributed by atoms with Crippen molar-refractivity contribution in [2.24, 2.45) is 0 Å². The zero-order chi connectivity index (χ0) is 10.4. The predicted octanol–water partition coefficient (Wildman–Crippen LogP) is 1.19. The van der Waals surface area contributed by atoms with E-state index in [-0.39, 0.29) is 6.61 Å². The molecule has 4 heteroatoms. The van der Waals surface area contributed by atoms with Gasteiger partial charge in [-0.3, -0.25) is 4.90 Å². The van der Waals surface area contributed by atoms with Crippen LogP contribution in [0.5, 0.6) is 0 Å². The van der Waals surface area contributed by atoms with E-state index in [2.05, 4.69) is 17.0 Å². The van der Waals surface area contributed by atoms with E-state index in [9.17, 15) is 0 Å². The summed E-state index contributed by atoms with van der Waals surface area (Å²) in [7, 11) is 0. The number of hydrogen-bond donors (Lipinski definition) is 1. The van der Waals surface area contributed by atoms with Crippen LogP contribution >= 0.6 is 0 Å². The highest BCUT2D eigenvalue weighted by Crippen LogP contribution is 2.05. The van der Waals surface area contributed by atoms with Gasteiger partial charge in [-0.15, -0.1) is 0 Å². The van der Waals surface area contributed by atoms with Crippen LogP contribution in [0, 0.1) is 6.92 Å². The third kappa shape index (κ3) is 3.47. The highest BCUT2D eigenvalue weighted by Gasteiger charge is 2.07. The molecule has 4 nitrogen and oxygen atoms in total. The molecule has 14 heavy (non-hydrogen) atoms. The first kappa shape index (κ1) is 11.2. The Balaban J connectivity index is 2.46. The van der Waals surface area contributed by atoms with Crippen molar-refractivity contribution >= 4 is 0 Å². The Kier molecular flexibility index (Phi) is 4.62. The molecule has 0 aliphatic rings. The average Bonchev–Trinajstić information content (AvgIpc) is 2.52. The van der Waals surface area contributed by atoms with Crippen LogP contribution in [-0.2, 0) is 6.54 Å². The van der Waals surface area contributed by atoms with E-state index in [1.807, 2.05) is 13.0 Å². The third-order valence-corrected chi connectivity index (χ3v) is 2.02. The minimum Gasteiger partial charge on any atom is -0.395 e. The maximum absolute atomic E-state index is 8.86. The van der Waals surface area contributed by atoms with E-state index in [1.54, 1.807) is 0 Å². The molecule has 1 aromatic rings. The molecule has 0 radical (unpaired) electrons. The Hall–Kier alpha value is -0.870. The van der Waals surface area contributed by atoms with Crippen molar-refractivity contribution in [3.63, 3.8) is 0 Å². The normalized spacial score (nSPS) is 11.1. The highest BCUT2D eigenvalue weighted by molar-refractivity contribution is 5.03. The first-order chi connectivity index (χ1) is 6.76. The summed E-state index contributed by atoms with van der Waals surface area (Å²) in [5.74, 6) is 0.834. The van der Waals surface area contributed by atoms with E-state index in [1.165, 1.54) is 0 Å². The lowest BCUT2D eigenvalue weighted by atomic mass is 10.3. The summed E-state index contributed by atoms with van der Waals surface area (Å²) in [6.45, 7) is 6.62. The molecule has 0 aliphatic heterocycles. The van der Waals surface area contributed by atoms with Crippen LogP contribution in [0.3, 0.4) is 0 Å². The van der Waals surface area contributed by atoms with Gasteiger partial charge in [-0.2, -0.15) is 0 Å². The van der Waals surface area contributed by atoms with Crippen LogP contribution in [0.4, 0.5) is 0 Å². The molecule has 1 N–H and O–H groups in total. The lowest BCUT2D eigenvalue weighted by Crippen LogP contribution is -2.27. The van der Waals surface area contributed by atoms with Crippen LogP contribution in [0.1, 0.15) is 24.8 Å². The van der Waals surface area contributed by atoms with Crippen molar-refractivity contribution in [2.75, 3.05) is 19.7 Å². The molecule has 80 valence electrons. The van der Waals surface area contributed by atoms with Crippen molar-refractivity contribution in [1.82, 2.24) is 10.1 Å². The van der Waals surface area contributed by atoms with Gasteiger partial charge in [-0.1, -0.05) is 12.1 Å². The highest BCUT2D eigenvalue weighted by atomic mass is 16.5. The second kappa shape index (κ2) is 5.78. The molecule has 0 aliphatic carbocycles. The summed E-state index contributed by atoms with van der Waals surface area (Å²) < 4.78 is 4.98. The summed E-state index contributed by atoms with van der Waals surface area (Å²) in [4.78, 5) is 2.16. The van der Waals surface area contributed by atoms with Gasteiger partial charge >= 0.3 is 0 Å². The lowest BCUT2D eigenvalue weighted by molar-refractivity contribution is 0.187. The second-order valence-electron chi connectivity index (χ2n) is 3.43. The van der Waals surface area contributed by atoms with Crippen molar-refractivity contribution in [3.05, 3.63) is 17.5 Å². The summed E-state index contributed by atoms with van der Waals surface area (Å²) in [5, 5.41) is 12.8. The molecular formula is C10H18N2O2. The molecule has 0 saturated heterocycles. The number of nitrogens with zero attached hydrogens (tertiary/aromatic N) is 2. The molecule has 1 heterocycles. The molecule has 0 atom stereocenters. The van der Waals surface area contributed by atoms with Gasteiger partial charge in [0.05, 0.1) is 12.3 Å². The van der Waals surface area contributed by atoms with E-state index < -0.39 is 0 Å². The first-order valence-corrected chi connectivity index (χ1v) is 5.01. The molecule has 0 spiro atoms. The molecule has 0 saturated carbocycles. The van der Waals surface area contributed by atoms with Gasteiger partial charge in [0.15, 0.2) is 0 Å². The summed E-state index contributed by atoms with van der Waals surface area (Å²) >= 11 is 0. The molecular weight excluding hydrogens is 180 g/mol. The van der Waals surface area contributed by atoms with E-state index >= 15 is 0 Å². The number of aliphatic hydroxyl groups is 1. The maximum atomic E-state index is 8.86. The van der Waals surface area contributed by atoms with Crippen LogP contribution < -0.4 is 0 Å². The van der Waals surface area contributed by atoms with Gasteiger partial charge in [0.25, 0.3) is 0 Å². The standard InChI is InChI=1S/C10H18N2O2/c1-3-4-12(5-6-13)8-10-7-9(2)14-11-10/h7,13H,3-6,8H2,1-2H3. The summed E-state index contributed by atoms with van der Waals surface area (Å²) in [6, 6.07) is 1.93. The number of aryl methyl sites for hydroxylation is 1. The van der Waals surface area contributed by atoms with Crippen LogP contribution in [0.25, 0.3) is 0 Å². The second-order valence-corrected chi connectivity index (χ2v) is 3.43. The maximum Gasteiger partial charge on any atom is 0.133 e. The molecule has 0 bridgehead atoms. The van der Waals surface area contributed by atoms with Crippen LogP contribution in [-0.4, -0.2) is 34.9 Å². The number of hydrogen-bond acceptors (Lipinski definition) is 4. The smallest absolute Gasteiger partial charge is 0.133 e. The van der Waals surface area contributed by atoms with Crippen molar-refractivity contribution < 1.29 is 9.63 Å². The average molecular weight is 198 g/mol. The van der Waals surface area contributed by atoms with Crippen LogP contribution in [0.15, 0.2) is 10.6 Å². The van der Waals surface area contributed by atoms with Crippen molar-refractivity contribution in [3.8, 4) is 0 Å². The van der Waals surface area contributed by atoms with E-state index in [4.69, 9.17) is 9.63 Å². The fourth-order valence-electron chi connectivity index (χ4n) is 1.45. The van der Waals surface area contributed by atoms with Crippen LogP contribution in [0.2, 0.25) is 0 Å². The quantitative estimate of drug-likeness (QED) is 0.746. The zero-order valence-electron chi connectivity index (χ0n) is 8.86. The van der Waals surface area contributed by atoms with E-state index in [0.717, 1.165) is 31.0 Å². The minimum absolute atomic E-state index is 0.191. The molecule has 0 fully saturated rings. The van der Waals surface area contributed by atoms with Gasteiger partial charge < -0.3 is 9.63 Å². The molecule has 0 aromatic carbocycles. The lowest BCUT2D eigenvalue weighted by Gasteiger charge is -2.18. The fourth-order valence-corrected chi connectivity index (χ4v) is 1.45. The Bertz CT molecular complexity index is 254. The summed E-state index contributed by atoms with van der Waals surface area (Å²) in [5.41, 5.74) is 0.935. The van der Waals surface area contributed by atoms with E-state index in [0.29, 0.717) is 6.54 Å². The Morgan fingerprint density at radius 2 is 2.29 bits per heavy atom. The molecule has 0 amide bonds. The predicted molar refractivity (Wildman–Crippen MR) is 53.9 cm³/mol. The monoisotopic (exact) mass is 198 g/mol. The minimum atomic E-state index is 0.191. The molecule has 0 unspecified atom stereocenters. The number of aromatic nitrogens is 1. The third-order valence-electron chi connectivity index (χ3n) is 2.02. The van der Waals surface area contributed by atoms with Gasteiger partial charge in [-0.05, 0) is 19.9 Å². The van der Waals surface area contributed by atoms with Gasteiger partial charge in [-0.25, -0.2) is 0 Å². The van der Waals surface area contributed by atoms with Gasteiger partial charge in [0.2, 0.25) is 0 Å². The molecule has 1 aromatic heterocycles. The zero-order valence-corrected chi connectivity index (χ0v) is 8.86. The first-order valence-electron chi connectivity index (χ1n) is 5.01. The number of aliphatic hydroxyl groups excluding tert-OH is 1. The summed E-state index contributed by atoms with van der Waals surface area (Å²) in [6.07, 6.45) is 1.08. The Morgan fingerprint density at radius 3 is 2.79 bits per heavy atom. The van der Waals surface area contributed by atoms with Gasteiger partial charge in [0.1, 0.15) is 5.76 Å². The topological polar surface area (TPSA) is 49.5 Å². The van der Waals surface area contributed by atoms with Gasteiger partial charge in [0, 0.05) is 19.2 Å². The largest absolute Gasteiger partial charge is 0.395 e. The van der Waals surface area contributed by atoms with Crippen molar-refractivity contribution in [2.45, 2.75) is 26.8 Å². The van der Waals surface area contributed by atoms with Crippen molar-refractivity contribution in [1.29, 1.82) is 0 Å². The SMILES string of the molecule is CCCN(CCO)Cc1cc(C)on1. The Morgan fingerprint density at radius 1 is 1.50 bits per heavy atom. The fraction of sp³-hybridized carbons (Fsp3) is 0.700. The molecule has 1 rings (SSSR count).